The van der Waals surface area contributed by atoms with Crippen molar-refractivity contribution in [2.24, 2.45) is 0 Å². The van der Waals surface area contributed by atoms with Gasteiger partial charge >= 0.3 is 5.97 Å². The number of rotatable bonds is 3. The highest BCUT2D eigenvalue weighted by atomic mass is 16.5. The van der Waals surface area contributed by atoms with Crippen LogP contribution in [0.15, 0.2) is 45.6 Å². The van der Waals surface area contributed by atoms with E-state index in [1.165, 1.54) is 13.2 Å². The molecule has 0 aliphatic heterocycles. The summed E-state index contributed by atoms with van der Waals surface area (Å²) in [5, 5.41) is 9.81. The van der Waals surface area contributed by atoms with Crippen molar-refractivity contribution < 1.29 is 19.1 Å². The Morgan fingerprint density at radius 1 is 1.17 bits per heavy atom. The minimum atomic E-state index is -1.12. The number of carboxylic acids is 1. The predicted molar refractivity (Wildman–Crippen MR) is 90.9 cm³/mol. The molecule has 0 fully saturated rings. The Hall–Kier alpha value is -3.08. The van der Waals surface area contributed by atoms with Gasteiger partial charge in [0, 0.05) is 6.07 Å². The number of fused-ring (bicyclic) bond motifs is 1. The first-order valence-corrected chi connectivity index (χ1v) is 7.38. The fourth-order valence-electron chi connectivity index (χ4n) is 2.76. The standard InChI is InChI=1S/C19H16O5/c1-10-8-13-14(20)9-16(12-6-4-5-7-15(12)23-3)24-18(13)17(11(10)2)19(21)22/h4-9H,1-3H3,(H,21,22). The summed E-state index contributed by atoms with van der Waals surface area (Å²) >= 11 is 0. The first-order chi connectivity index (χ1) is 11.4. The fourth-order valence-corrected chi connectivity index (χ4v) is 2.76. The molecular formula is C19H16O5. The van der Waals surface area contributed by atoms with Crippen molar-refractivity contribution in [1.29, 1.82) is 0 Å². The summed E-state index contributed by atoms with van der Waals surface area (Å²) in [6.07, 6.45) is 0. The van der Waals surface area contributed by atoms with Crippen LogP contribution >= 0.6 is 0 Å². The normalized spacial score (nSPS) is 10.8. The quantitative estimate of drug-likeness (QED) is 0.793. The molecule has 1 heterocycles. The first kappa shape index (κ1) is 15.8. The maximum Gasteiger partial charge on any atom is 0.339 e. The smallest absolute Gasteiger partial charge is 0.339 e. The Balaban J connectivity index is 2.42. The SMILES string of the molecule is COc1ccccc1-c1cc(=O)c2cc(C)c(C)c(C(=O)O)c2o1. The number of methoxy groups -OCH3 is 1. The van der Waals surface area contributed by atoms with Crippen LogP contribution in [0.1, 0.15) is 21.5 Å². The zero-order valence-corrected chi connectivity index (χ0v) is 13.5. The maximum atomic E-state index is 12.5. The Kier molecular flexibility index (Phi) is 3.85. The molecule has 0 unspecified atom stereocenters. The van der Waals surface area contributed by atoms with E-state index in [0.717, 1.165) is 5.56 Å². The summed E-state index contributed by atoms with van der Waals surface area (Å²) in [7, 11) is 1.52. The van der Waals surface area contributed by atoms with Gasteiger partial charge in [0.1, 0.15) is 17.1 Å². The number of aromatic carboxylic acids is 1. The molecule has 5 nitrogen and oxygen atoms in total. The Bertz CT molecular complexity index is 1010. The molecule has 0 radical (unpaired) electrons. The Morgan fingerprint density at radius 3 is 2.54 bits per heavy atom. The molecular weight excluding hydrogens is 308 g/mol. The van der Waals surface area contributed by atoms with Gasteiger partial charge in [-0.1, -0.05) is 12.1 Å². The van der Waals surface area contributed by atoms with E-state index in [2.05, 4.69) is 0 Å². The third kappa shape index (κ3) is 2.44. The van der Waals surface area contributed by atoms with Crippen LogP contribution in [0.2, 0.25) is 0 Å². The van der Waals surface area contributed by atoms with E-state index in [0.29, 0.717) is 16.9 Å². The number of aryl methyl sites for hydroxylation is 1. The number of carboxylic acid groups (broad SMARTS) is 1. The fraction of sp³-hybridized carbons (Fsp3) is 0.158. The third-order valence-corrected chi connectivity index (χ3v) is 4.13. The van der Waals surface area contributed by atoms with Crippen molar-refractivity contribution in [1.82, 2.24) is 0 Å². The molecule has 0 aliphatic rings. The Morgan fingerprint density at radius 2 is 1.88 bits per heavy atom. The molecule has 0 amide bonds. The molecule has 3 aromatic rings. The lowest BCUT2D eigenvalue weighted by Crippen LogP contribution is -2.08. The molecule has 0 atom stereocenters. The second kappa shape index (κ2) is 5.85. The number of hydrogen-bond acceptors (Lipinski definition) is 4. The lowest BCUT2D eigenvalue weighted by molar-refractivity contribution is 0.0697. The van der Waals surface area contributed by atoms with Gasteiger partial charge in [-0.3, -0.25) is 4.79 Å². The molecule has 122 valence electrons. The van der Waals surface area contributed by atoms with Crippen molar-refractivity contribution in [2.75, 3.05) is 7.11 Å². The van der Waals surface area contributed by atoms with E-state index in [1.54, 1.807) is 44.2 Å². The maximum absolute atomic E-state index is 12.5. The van der Waals surface area contributed by atoms with Crippen LogP contribution in [0.3, 0.4) is 0 Å². The van der Waals surface area contributed by atoms with E-state index in [1.807, 2.05) is 0 Å². The van der Waals surface area contributed by atoms with Crippen molar-refractivity contribution >= 4 is 16.9 Å². The summed E-state index contributed by atoms with van der Waals surface area (Å²) in [5.41, 5.74) is 1.71. The number of benzene rings is 2. The molecule has 2 aromatic carbocycles. The van der Waals surface area contributed by atoms with Crippen molar-refractivity contribution in [3.8, 4) is 17.1 Å². The summed E-state index contributed by atoms with van der Waals surface area (Å²) < 4.78 is 11.1. The van der Waals surface area contributed by atoms with Crippen LogP contribution in [0.5, 0.6) is 5.75 Å². The average molecular weight is 324 g/mol. The summed E-state index contributed by atoms with van der Waals surface area (Å²) in [5.74, 6) is -0.307. The minimum absolute atomic E-state index is 0.0128. The molecule has 3 rings (SSSR count). The van der Waals surface area contributed by atoms with Gasteiger partial charge in [0.15, 0.2) is 11.0 Å². The van der Waals surface area contributed by atoms with Gasteiger partial charge in [-0.05, 0) is 43.2 Å². The third-order valence-electron chi connectivity index (χ3n) is 4.13. The summed E-state index contributed by atoms with van der Waals surface area (Å²) in [6.45, 7) is 3.47. The van der Waals surface area contributed by atoms with Gasteiger partial charge in [-0.15, -0.1) is 0 Å². The number of hydrogen-bond donors (Lipinski definition) is 1. The van der Waals surface area contributed by atoms with Crippen LogP contribution in [0.4, 0.5) is 0 Å². The van der Waals surface area contributed by atoms with E-state index in [4.69, 9.17) is 9.15 Å². The van der Waals surface area contributed by atoms with Crippen molar-refractivity contribution in [3.05, 3.63) is 63.3 Å². The highest BCUT2D eigenvalue weighted by molar-refractivity contribution is 6.03. The number of carbonyl (C=O) groups is 1. The van der Waals surface area contributed by atoms with E-state index in [-0.39, 0.29) is 27.7 Å². The monoisotopic (exact) mass is 324 g/mol. The van der Waals surface area contributed by atoms with Crippen LogP contribution in [-0.2, 0) is 0 Å². The number of para-hydroxylation sites is 1. The second-order valence-electron chi connectivity index (χ2n) is 5.55. The lowest BCUT2D eigenvalue weighted by Gasteiger charge is -2.11. The first-order valence-electron chi connectivity index (χ1n) is 7.38. The topological polar surface area (TPSA) is 76.7 Å². The summed E-state index contributed by atoms with van der Waals surface area (Å²) in [4.78, 5) is 24.2. The van der Waals surface area contributed by atoms with Crippen LogP contribution in [-0.4, -0.2) is 18.2 Å². The molecule has 1 aromatic heterocycles. The summed E-state index contributed by atoms with van der Waals surface area (Å²) in [6, 6.07) is 10.1. The average Bonchev–Trinajstić information content (AvgIpc) is 2.56. The number of ether oxygens (including phenoxy) is 1. The molecule has 24 heavy (non-hydrogen) atoms. The molecule has 0 aliphatic carbocycles. The molecule has 0 saturated heterocycles. The molecule has 5 heteroatoms. The predicted octanol–water partition coefficient (Wildman–Crippen LogP) is 3.78. The van der Waals surface area contributed by atoms with Crippen LogP contribution in [0, 0.1) is 13.8 Å². The molecule has 0 bridgehead atoms. The van der Waals surface area contributed by atoms with E-state index >= 15 is 0 Å². The van der Waals surface area contributed by atoms with Crippen molar-refractivity contribution in [2.45, 2.75) is 13.8 Å². The van der Waals surface area contributed by atoms with Gasteiger partial charge < -0.3 is 14.3 Å². The zero-order chi connectivity index (χ0) is 17.4. The van der Waals surface area contributed by atoms with Gasteiger partial charge in [-0.2, -0.15) is 0 Å². The highest BCUT2D eigenvalue weighted by Crippen LogP contribution is 2.32. The second-order valence-corrected chi connectivity index (χ2v) is 5.55. The van der Waals surface area contributed by atoms with Gasteiger partial charge in [0.2, 0.25) is 0 Å². The van der Waals surface area contributed by atoms with Crippen LogP contribution < -0.4 is 10.2 Å². The van der Waals surface area contributed by atoms with Crippen molar-refractivity contribution in [3.63, 3.8) is 0 Å². The molecule has 0 spiro atoms. The Labute approximate surface area is 138 Å². The molecule has 1 N–H and O–H groups in total. The van der Waals surface area contributed by atoms with Crippen LogP contribution in [0.25, 0.3) is 22.3 Å². The van der Waals surface area contributed by atoms with Gasteiger partial charge in [0.25, 0.3) is 0 Å². The zero-order valence-electron chi connectivity index (χ0n) is 13.5. The van der Waals surface area contributed by atoms with E-state index < -0.39 is 5.97 Å². The largest absolute Gasteiger partial charge is 0.496 e. The van der Waals surface area contributed by atoms with Gasteiger partial charge in [-0.25, -0.2) is 4.79 Å². The molecule has 0 saturated carbocycles. The van der Waals surface area contributed by atoms with Gasteiger partial charge in [0.05, 0.1) is 18.1 Å². The van der Waals surface area contributed by atoms with E-state index in [9.17, 15) is 14.7 Å². The minimum Gasteiger partial charge on any atom is -0.496 e. The highest BCUT2D eigenvalue weighted by Gasteiger charge is 2.20. The lowest BCUT2D eigenvalue weighted by atomic mass is 9.99.